The fraction of sp³-hybridized carbons (Fsp3) is 0.353. The van der Waals surface area contributed by atoms with Crippen molar-refractivity contribution in [2.45, 2.75) is 31.7 Å². The average Bonchev–Trinajstić information content (AvgIpc) is 3.24. The Morgan fingerprint density at radius 1 is 1.41 bits per heavy atom. The summed E-state index contributed by atoms with van der Waals surface area (Å²) in [5, 5.41) is 23.9. The summed E-state index contributed by atoms with van der Waals surface area (Å²) in [7, 11) is 1.67. The summed E-state index contributed by atoms with van der Waals surface area (Å²) >= 11 is 0. The highest BCUT2D eigenvalue weighted by molar-refractivity contribution is 6.01. The predicted molar refractivity (Wildman–Crippen MR) is 92.8 cm³/mol. The molecule has 0 radical (unpaired) electrons. The van der Waals surface area contributed by atoms with E-state index in [9.17, 15) is 14.3 Å². The first-order valence-corrected chi connectivity index (χ1v) is 8.54. The number of halogens is 1. The van der Waals surface area contributed by atoms with Gasteiger partial charge in [0.1, 0.15) is 5.82 Å². The van der Waals surface area contributed by atoms with E-state index in [1.165, 1.54) is 23.0 Å². The summed E-state index contributed by atoms with van der Waals surface area (Å²) in [6, 6.07) is 4.36. The van der Waals surface area contributed by atoms with Crippen LogP contribution >= 0.6 is 0 Å². The van der Waals surface area contributed by atoms with Crippen molar-refractivity contribution < 1.29 is 14.3 Å². The normalized spacial score (nSPS) is 18.9. The lowest BCUT2D eigenvalue weighted by Crippen LogP contribution is -2.24. The lowest BCUT2D eigenvalue weighted by Gasteiger charge is -2.29. The number of phenols is 1. The van der Waals surface area contributed by atoms with Gasteiger partial charge in [-0.3, -0.25) is 14.8 Å². The Morgan fingerprint density at radius 2 is 2.22 bits per heavy atom. The van der Waals surface area contributed by atoms with Gasteiger partial charge in [0.15, 0.2) is 17.3 Å². The van der Waals surface area contributed by atoms with Crippen molar-refractivity contribution in [1.29, 1.82) is 0 Å². The lowest BCUT2D eigenvalue weighted by molar-refractivity contribution is 0.102. The second kappa shape index (κ2) is 6.45. The van der Waals surface area contributed by atoms with Crippen LogP contribution in [0, 0.1) is 5.82 Å². The van der Waals surface area contributed by atoms with Gasteiger partial charge in [0.2, 0.25) is 5.95 Å². The quantitative estimate of drug-likeness (QED) is 0.726. The van der Waals surface area contributed by atoms with E-state index >= 15 is 0 Å². The second-order valence-electron chi connectivity index (χ2n) is 6.62. The molecule has 3 heterocycles. The fourth-order valence-corrected chi connectivity index (χ4v) is 3.42. The Bertz CT molecular complexity index is 1010. The van der Waals surface area contributed by atoms with Gasteiger partial charge >= 0.3 is 0 Å². The maximum absolute atomic E-state index is 13.7. The summed E-state index contributed by atoms with van der Waals surface area (Å²) in [5.74, 6) is -0.454. The number of rotatable bonds is 3. The van der Waals surface area contributed by atoms with Gasteiger partial charge < -0.3 is 5.11 Å². The molecule has 3 aromatic rings. The van der Waals surface area contributed by atoms with Gasteiger partial charge in [-0.1, -0.05) is 11.3 Å². The number of amides is 1. The van der Waals surface area contributed by atoms with E-state index in [0.29, 0.717) is 6.42 Å². The molecule has 10 heteroatoms. The van der Waals surface area contributed by atoms with Crippen LogP contribution in [0.25, 0.3) is 0 Å². The molecular formula is C17H18FN7O2. The van der Waals surface area contributed by atoms with E-state index in [2.05, 4.69) is 25.7 Å². The van der Waals surface area contributed by atoms with Crippen LogP contribution in [0.1, 0.15) is 47.2 Å². The molecule has 0 saturated heterocycles. The molecule has 0 saturated carbocycles. The molecule has 2 aromatic heterocycles. The smallest absolute Gasteiger partial charge is 0.280 e. The SMILES string of the molecule is CC1C(c2ccc(O)c(F)c2)CCc2nc(NC(=O)c3cn(C)nn3)nn21. The molecule has 140 valence electrons. The third-order valence-electron chi connectivity index (χ3n) is 4.81. The van der Waals surface area contributed by atoms with E-state index in [1.54, 1.807) is 17.8 Å². The number of anilines is 1. The van der Waals surface area contributed by atoms with Crippen molar-refractivity contribution in [2.75, 3.05) is 5.32 Å². The fourth-order valence-electron chi connectivity index (χ4n) is 3.42. The molecular weight excluding hydrogens is 353 g/mol. The highest BCUT2D eigenvalue weighted by Gasteiger charge is 2.30. The number of aromatic hydroxyl groups is 1. The van der Waals surface area contributed by atoms with Crippen LogP contribution in [-0.4, -0.2) is 40.8 Å². The molecule has 2 atom stereocenters. The van der Waals surface area contributed by atoms with Gasteiger partial charge in [0.05, 0.1) is 12.2 Å². The van der Waals surface area contributed by atoms with Gasteiger partial charge in [0.25, 0.3) is 5.91 Å². The molecule has 2 unspecified atom stereocenters. The Kier molecular flexibility index (Phi) is 4.09. The van der Waals surface area contributed by atoms with Crippen LogP contribution in [0.5, 0.6) is 5.75 Å². The highest BCUT2D eigenvalue weighted by Crippen LogP contribution is 2.38. The largest absolute Gasteiger partial charge is 0.505 e. The first-order valence-electron chi connectivity index (χ1n) is 8.54. The van der Waals surface area contributed by atoms with Crippen LogP contribution in [0.2, 0.25) is 0 Å². The minimum atomic E-state index is -0.638. The number of benzene rings is 1. The van der Waals surface area contributed by atoms with E-state index < -0.39 is 11.7 Å². The number of fused-ring (bicyclic) bond motifs is 1. The molecule has 0 fully saturated rings. The van der Waals surface area contributed by atoms with E-state index in [4.69, 9.17) is 0 Å². The van der Waals surface area contributed by atoms with Crippen molar-refractivity contribution in [3.63, 3.8) is 0 Å². The van der Waals surface area contributed by atoms with Crippen molar-refractivity contribution in [3.8, 4) is 5.75 Å². The minimum Gasteiger partial charge on any atom is -0.505 e. The van der Waals surface area contributed by atoms with Crippen LogP contribution < -0.4 is 5.32 Å². The number of carbonyl (C=O) groups excluding carboxylic acids is 1. The summed E-state index contributed by atoms with van der Waals surface area (Å²) in [6.07, 6.45) is 2.91. The number of aromatic nitrogens is 6. The molecule has 0 bridgehead atoms. The zero-order chi connectivity index (χ0) is 19.1. The van der Waals surface area contributed by atoms with Gasteiger partial charge in [0, 0.05) is 19.4 Å². The molecule has 1 aromatic carbocycles. The van der Waals surface area contributed by atoms with Crippen molar-refractivity contribution in [2.24, 2.45) is 7.05 Å². The van der Waals surface area contributed by atoms with Crippen molar-refractivity contribution >= 4 is 11.9 Å². The zero-order valence-corrected chi connectivity index (χ0v) is 14.8. The molecule has 1 aliphatic heterocycles. The molecule has 27 heavy (non-hydrogen) atoms. The van der Waals surface area contributed by atoms with Crippen LogP contribution in [0.4, 0.5) is 10.3 Å². The van der Waals surface area contributed by atoms with Gasteiger partial charge in [-0.05, 0) is 31.0 Å². The minimum absolute atomic E-state index is 0.0258. The van der Waals surface area contributed by atoms with Gasteiger partial charge in [-0.25, -0.2) is 9.07 Å². The van der Waals surface area contributed by atoms with Crippen molar-refractivity contribution in [3.05, 3.63) is 47.3 Å². The standard InChI is InChI=1S/C17H18FN7O2/c1-9-11(10-3-5-14(26)12(18)7-10)4-6-15-19-17(22-25(9)15)20-16(27)13-8-24(2)23-21-13/h3,5,7-9,11,26H,4,6H2,1-2H3,(H,20,22,27). The molecule has 0 spiro atoms. The highest BCUT2D eigenvalue weighted by atomic mass is 19.1. The van der Waals surface area contributed by atoms with E-state index in [-0.39, 0.29) is 29.4 Å². The molecule has 0 aliphatic carbocycles. The topological polar surface area (TPSA) is 111 Å². The summed E-state index contributed by atoms with van der Waals surface area (Å²) in [4.78, 5) is 16.6. The second-order valence-corrected chi connectivity index (χ2v) is 6.62. The first kappa shape index (κ1) is 17.1. The number of nitrogens with zero attached hydrogens (tertiary/aromatic N) is 6. The average molecular weight is 371 g/mol. The molecule has 9 nitrogen and oxygen atoms in total. The number of aryl methyl sites for hydroxylation is 2. The molecule has 1 amide bonds. The number of phenolic OH excluding ortho intramolecular Hbond substituents is 1. The third kappa shape index (κ3) is 3.14. The van der Waals surface area contributed by atoms with E-state index in [1.807, 2.05) is 6.92 Å². The lowest BCUT2D eigenvalue weighted by atomic mass is 9.86. The Balaban J connectivity index is 1.55. The zero-order valence-electron chi connectivity index (χ0n) is 14.8. The van der Waals surface area contributed by atoms with Crippen LogP contribution in [0.3, 0.4) is 0 Å². The summed E-state index contributed by atoms with van der Waals surface area (Å²) < 4.78 is 16.9. The monoisotopic (exact) mass is 371 g/mol. The van der Waals surface area contributed by atoms with Crippen LogP contribution in [-0.2, 0) is 13.5 Å². The Hall–Kier alpha value is -3.30. The maximum atomic E-state index is 13.7. The number of hydrogen-bond acceptors (Lipinski definition) is 6. The number of nitrogens with one attached hydrogen (secondary N) is 1. The summed E-state index contributed by atoms with van der Waals surface area (Å²) in [5.41, 5.74) is 0.972. The molecule has 2 N–H and O–H groups in total. The Morgan fingerprint density at radius 3 is 2.93 bits per heavy atom. The van der Waals surface area contributed by atoms with Gasteiger partial charge in [-0.2, -0.15) is 4.98 Å². The number of carbonyl (C=O) groups is 1. The summed E-state index contributed by atoms with van der Waals surface area (Å²) in [6.45, 7) is 1.97. The maximum Gasteiger partial charge on any atom is 0.280 e. The third-order valence-corrected chi connectivity index (χ3v) is 4.81. The predicted octanol–water partition coefficient (Wildman–Crippen LogP) is 1.79. The molecule has 4 rings (SSSR count). The van der Waals surface area contributed by atoms with E-state index in [0.717, 1.165) is 17.8 Å². The molecule has 1 aliphatic rings. The Labute approximate surface area is 153 Å². The van der Waals surface area contributed by atoms with Crippen LogP contribution in [0.15, 0.2) is 24.4 Å². The van der Waals surface area contributed by atoms with Gasteiger partial charge in [-0.15, -0.1) is 10.2 Å². The first-order chi connectivity index (χ1) is 12.9. The van der Waals surface area contributed by atoms with Crippen molar-refractivity contribution in [1.82, 2.24) is 29.8 Å². The number of hydrogen-bond donors (Lipinski definition) is 2.